The molecule has 613 valence electrons. The van der Waals surface area contributed by atoms with E-state index >= 15 is 0 Å². The summed E-state index contributed by atoms with van der Waals surface area (Å²) < 4.78 is 0.784. The number of halogens is 1. The third kappa shape index (κ3) is 18.3. The summed E-state index contributed by atoms with van der Waals surface area (Å²) >= 11 is 2.07. The average Bonchev–Trinajstić information content (AvgIpc) is 0.709. The van der Waals surface area contributed by atoms with E-state index in [0.717, 1.165) is 9.13 Å². The molecule has 0 aromatic heterocycles. The summed E-state index contributed by atoms with van der Waals surface area (Å²) in [6.07, 6.45) is 10.0. The number of amides is 3. The van der Waals surface area contributed by atoms with E-state index in [2.05, 4.69) is 95.2 Å². The van der Waals surface area contributed by atoms with E-state index in [1.165, 1.54) is 40.0 Å². The van der Waals surface area contributed by atoms with Crippen LogP contribution in [-0.2, 0) is 62.4 Å². The summed E-state index contributed by atoms with van der Waals surface area (Å²) in [4.78, 5) is 120. The number of nitrogens with zero attached hydrogens (tertiary/aromatic N) is 3. The molecule has 9 unspecified atom stereocenters. The first-order valence-corrected chi connectivity index (χ1v) is 37.1. The summed E-state index contributed by atoms with van der Waals surface area (Å²) in [6, 6.07) is 5.87. The first-order chi connectivity index (χ1) is 54.8. The smallest absolute Gasteiger partial charge is 0.255 e. The second-order valence-corrected chi connectivity index (χ2v) is 30.1. The van der Waals surface area contributed by atoms with Gasteiger partial charge in [-0.2, -0.15) is 0 Å². The molecule has 3 fully saturated rings. The Morgan fingerprint density at radius 1 is 0.555 bits per heavy atom. The fourth-order valence-electron chi connectivity index (χ4n) is 16.6. The molecule has 119 heavy (non-hydrogen) atoms. The molecule has 35 heteroatoms. The topological polar surface area (TPSA) is 484 Å². The molecule has 0 bridgehead atoms. The van der Waals surface area contributed by atoms with Crippen LogP contribution in [0.2, 0.25) is 0 Å². The number of phenolic OH excluding ortho intramolecular Hbond substituents is 3. The molecular weight excluding hydrogens is 1630 g/mol. The van der Waals surface area contributed by atoms with Crippen LogP contribution in [0, 0.1) is 63.3 Å². The number of likely N-dealkylation sites (N-methyl/N-ethyl adjacent to an activating group) is 3. The minimum atomic E-state index is -2.64. The second-order valence-electron chi connectivity index (χ2n) is 29.0. The quantitative estimate of drug-likeness (QED) is 0.0360. The molecule has 9 aliphatic rings. The van der Waals surface area contributed by atoms with Gasteiger partial charge in [-0.15, -0.1) is 24.8 Å². The van der Waals surface area contributed by atoms with Crippen molar-refractivity contribution in [3.05, 3.63) is 196 Å². The zero-order chi connectivity index (χ0) is 88.6. The molecule has 0 heterocycles. The lowest BCUT2D eigenvalue weighted by Crippen LogP contribution is -2.65. The zero-order valence-corrected chi connectivity index (χ0v) is 68.0. The summed E-state index contributed by atoms with van der Waals surface area (Å²) in [5, 5.41) is 131. The number of primary amides is 3. The maximum absolute atomic E-state index is 13.7. The molecule has 3 aromatic rings. The standard InChI is InChI=1S/C24H26N2O7.C24H24N2O7.C21H21IN2O7.C7H4.C3H6.C3H4.2CH4.B7/c2*1-4-5-10-6-7-14(27)16-12(10)8-11-9-13-18(26(2)3)20(29)17(23(25)32)22(31)24(13,33)21(30)15(11)19(16)28;1-24(2)15-9-6-7-5-8-10(22)3-4-11(25)13(8)16(26)12(7)18(28)21(9,31)19(29)14(17(15)27)20(23)30;1-3-5-7-6-4-2;2*1-3-2;;;1-5-7(4)6(2)3/h4-7,11,13,18,27-28,31,33H,8-9H2,1-3H3,(H2,25,32);6-7,11,13,18,27-28,31,33H,8-9H2,1-3H3,(H2,25,32);3-4,7,9,15,25-26,29,31H,5-6H2,1-2H3,(H2,23,30);1-2H2;3H,1H2,2H3;1H,2H3;2*1H4;/b5-4-;;;;;;;;/t2*11?,13?,18?,24-;7?,9?,15?,21-;;;;;;/m000....../s1. The largest absolute Gasteiger partial charge is 0.508 e. The monoisotopic (exact) mass is 1730 g/mol. The number of hydrogen-bond acceptors (Lipinski definition) is 24. The second kappa shape index (κ2) is 40.6. The van der Waals surface area contributed by atoms with Gasteiger partial charge in [0.25, 0.3) is 17.7 Å². The van der Waals surface area contributed by atoms with Crippen LogP contribution >= 0.6 is 22.6 Å². The van der Waals surface area contributed by atoms with Crippen molar-refractivity contribution in [3.63, 3.8) is 0 Å². The Hall–Kier alpha value is -11.1. The lowest BCUT2D eigenvalue weighted by atomic mass is 8.76. The third-order valence-corrected chi connectivity index (χ3v) is 22.4. The number of carbonyl (C=O) groups is 9. The van der Waals surface area contributed by atoms with Crippen molar-refractivity contribution in [1.29, 1.82) is 0 Å². The van der Waals surface area contributed by atoms with Crippen molar-refractivity contribution in [2.24, 2.45) is 52.7 Å². The van der Waals surface area contributed by atoms with Gasteiger partial charge in [0, 0.05) is 94.4 Å². The molecule has 3 saturated carbocycles. The maximum Gasteiger partial charge on any atom is 0.255 e. The van der Waals surface area contributed by atoms with Gasteiger partial charge < -0.3 is 78.5 Å². The fourth-order valence-corrected chi connectivity index (χ4v) is 17.2. The van der Waals surface area contributed by atoms with E-state index in [4.69, 9.17) is 48.1 Å². The predicted molar refractivity (Wildman–Crippen MR) is 466 cm³/mol. The molecule has 0 saturated heterocycles. The maximum atomic E-state index is 13.7. The van der Waals surface area contributed by atoms with Gasteiger partial charge in [-0.05, 0) is 232 Å². The summed E-state index contributed by atoms with van der Waals surface area (Å²) in [7, 11) is 31.0. The number of hydrogen-bond donors (Lipinski definition) is 15. The lowest BCUT2D eigenvalue weighted by molar-refractivity contribution is -0.155. The van der Waals surface area contributed by atoms with Crippen LogP contribution in [0.1, 0.15) is 106 Å². The molecule has 18 N–H and O–H groups in total. The Morgan fingerprint density at radius 3 is 1.14 bits per heavy atom. The highest BCUT2D eigenvalue weighted by atomic mass is 127. The summed E-state index contributed by atoms with van der Waals surface area (Å²) in [5.74, 6) is -11.7. The third-order valence-electron chi connectivity index (χ3n) is 21.4. The van der Waals surface area contributed by atoms with Gasteiger partial charge in [0.15, 0.2) is 34.2 Å². The number of phenols is 3. The molecule has 12 atom stereocenters. The van der Waals surface area contributed by atoms with E-state index < -0.39 is 181 Å². The summed E-state index contributed by atoms with van der Waals surface area (Å²) in [5.41, 5.74) is 20.5. The number of benzene rings is 3. The fraction of sp³-hybridized carbons (Fsp3) is 0.357. The number of aromatic hydroxyl groups is 3. The highest BCUT2D eigenvalue weighted by Gasteiger charge is 2.68. The van der Waals surface area contributed by atoms with Crippen molar-refractivity contribution in [1.82, 2.24) is 14.7 Å². The van der Waals surface area contributed by atoms with Crippen molar-refractivity contribution < 1.29 is 104 Å². The Balaban J connectivity index is 0.000000333. The number of carbonyl (C=O) groups excluding carboxylic acids is 9. The van der Waals surface area contributed by atoms with E-state index in [0.29, 0.717) is 28.7 Å². The Morgan fingerprint density at radius 2 is 0.857 bits per heavy atom. The van der Waals surface area contributed by atoms with Crippen molar-refractivity contribution in [2.75, 3.05) is 42.3 Å². The molecular formula is C84H93B7IN6O21. The number of Topliss-reactive ketones (excluding diaryl/α,β-unsaturated/α-hetero) is 6. The number of aliphatic hydroxyl groups excluding tert-OH is 6. The highest BCUT2D eigenvalue weighted by molar-refractivity contribution is 14.1. The van der Waals surface area contributed by atoms with E-state index in [9.17, 15) is 104 Å². The van der Waals surface area contributed by atoms with Crippen molar-refractivity contribution >= 4 is 149 Å². The Kier molecular flexibility index (Phi) is 34.2. The number of nitrogens with two attached hydrogens (primary N) is 3. The SMILES string of the molecule is C.C.C#CC.C/C=C\c1ccc(O)c2c1CC1CC3C(N(C)C)C(=O)C(C(N)=O)=C(O)[C@@]3(O)C(=O)C1=C2O.C=C=C=C=C=C=C.C=CC.CC#Cc1ccc(O)c2c1CC1CC3C(N(C)C)C(=O)C(C(N)=O)=C(O)[C@@]3(O)C(=O)C1=C2O.CN(C)C1C(=O)C(C(N)=O)=C(O)[C@@]2(O)C(=O)C3=C(O)c4c(O)ccc(I)c4CC3CC12.[B][B]B([B])B([B])[B]. The molecule has 0 spiro atoms. The van der Waals surface area contributed by atoms with Gasteiger partial charge in [-0.3, -0.25) is 57.9 Å². The van der Waals surface area contributed by atoms with Crippen LogP contribution in [0.3, 0.4) is 0 Å². The first kappa shape index (κ1) is 100. The number of rotatable bonds is 9. The van der Waals surface area contributed by atoms with Gasteiger partial charge in [0.2, 0.25) is 17.3 Å². The van der Waals surface area contributed by atoms with Crippen LogP contribution in [0.15, 0.2) is 148 Å². The average molecular weight is 1730 g/mol. The molecule has 27 nitrogen and oxygen atoms in total. The number of aliphatic hydroxyl groups is 9. The lowest BCUT2D eigenvalue weighted by Gasteiger charge is -2.50. The molecule has 12 rings (SSSR count). The van der Waals surface area contributed by atoms with Crippen LogP contribution in [-0.4, -0.2) is 256 Å². The molecule has 3 aromatic carbocycles. The Labute approximate surface area is 712 Å². The van der Waals surface area contributed by atoms with Crippen molar-refractivity contribution in [2.45, 2.75) is 116 Å². The van der Waals surface area contributed by atoms with Gasteiger partial charge in [0.1, 0.15) is 68.5 Å². The number of allylic oxidation sites excluding steroid dienone is 2. The normalized spacial score (nSPS) is 24.8. The zero-order valence-electron chi connectivity index (χ0n) is 65.9. The minimum Gasteiger partial charge on any atom is -0.508 e. The van der Waals surface area contributed by atoms with Gasteiger partial charge in [-0.25, -0.2) is 0 Å². The highest BCUT2D eigenvalue weighted by Crippen LogP contribution is 2.57. The van der Waals surface area contributed by atoms with Crippen LogP contribution < -0.4 is 17.2 Å². The van der Waals surface area contributed by atoms with Gasteiger partial charge >= 0.3 is 0 Å². The number of fused-ring (bicyclic) bond motifs is 9. The van der Waals surface area contributed by atoms with Crippen molar-refractivity contribution in [3.8, 4) is 41.4 Å². The number of terminal acetylenes is 1. The van der Waals surface area contributed by atoms with Crippen LogP contribution in [0.25, 0.3) is 23.4 Å². The van der Waals surface area contributed by atoms with E-state index in [1.54, 1.807) is 80.4 Å². The van der Waals surface area contributed by atoms with Crippen LogP contribution in [0.5, 0.6) is 17.2 Å². The van der Waals surface area contributed by atoms with Gasteiger partial charge in [0.05, 0.1) is 34.8 Å². The minimum absolute atomic E-state index is 0. The van der Waals surface area contributed by atoms with Gasteiger partial charge in [-0.1, -0.05) is 56.5 Å². The molecule has 3 amide bonds. The summed E-state index contributed by atoms with van der Waals surface area (Å²) in [6.45, 7) is 16.9. The van der Waals surface area contributed by atoms with E-state index in [1.807, 2.05) is 26.0 Å². The first-order valence-electron chi connectivity index (χ1n) is 36.0. The number of ketones is 6. The predicted octanol–water partition coefficient (Wildman–Crippen LogP) is 3.92. The Bertz CT molecular complexity index is 5220. The van der Waals surface area contributed by atoms with E-state index in [-0.39, 0.29) is 104 Å². The van der Waals surface area contributed by atoms with Crippen LogP contribution in [0.4, 0.5) is 0 Å². The molecule has 9 aliphatic carbocycles. The molecule has 0 aliphatic heterocycles. The molecule has 9 radical (unpaired) electrons.